The summed E-state index contributed by atoms with van der Waals surface area (Å²) in [7, 11) is 0. The Morgan fingerprint density at radius 1 is 1.00 bits per heavy atom. The van der Waals surface area contributed by atoms with Gasteiger partial charge in [0.2, 0.25) is 0 Å². The Balaban J connectivity index is 1.96. The summed E-state index contributed by atoms with van der Waals surface area (Å²) in [6, 6.07) is 16.6. The van der Waals surface area contributed by atoms with Crippen LogP contribution in [0, 0.1) is 5.92 Å². The molecule has 0 unspecified atom stereocenters. The molecule has 1 aliphatic rings. The van der Waals surface area contributed by atoms with Crippen LogP contribution < -0.4 is 0 Å². The standard InChI is InChI=1S/C21H22O2S/c1-14(2)12-15-4-6-16(7-5-15)19-13-23-21(22)20(19)17-8-10-18(24-3)11-9-17/h4-11,14H,12-13H2,1-3H3. The highest BCUT2D eigenvalue weighted by atomic mass is 32.2. The lowest BCUT2D eigenvalue weighted by atomic mass is 9.95. The number of hydrogen-bond acceptors (Lipinski definition) is 3. The van der Waals surface area contributed by atoms with Crippen molar-refractivity contribution < 1.29 is 9.53 Å². The largest absolute Gasteiger partial charge is 0.457 e. The summed E-state index contributed by atoms with van der Waals surface area (Å²) in [5.74, 6) is 0.408. The topological polar surface area (TPSA) is 26.3 Å². The number of benzene rings is 2. The molecule has 3 rings (SSSR count). The maximum absolute atomic E-state index is 12.2. The third kappa shape index (κ3) is 3.57. The van der Waals surface area contributed by atoms with Gasteiger partial charge in [0, 0.05) is 10.5 Å². The lowest BCUT2D eigenvalue weighted by molar-refractivity contribution is -0.133. The summed E-state index contributed by atoms with van der Waals surface area (Å²) >= 11 is 1.69. The van der Waals surface area contributed by atoms with Crippen LogP contribution in [0.25, 0.3) is 11.1 Å². The number of cyclic esters (lactones) is 1. The lowest BCUT2D eigenvalue weighted by Gasteiger charge is -2.08. The van der Waals surface area contributed by atoms with Crippen molar-refractivity contribution in [3.8, 4) is 0 Å². The smallest absolute Gasteiger partial charge is 0.339 e. The average molecular weight is 338 g/mol. The molecular weight excluding hydrogens is 316 g/mol. The van der Waals surface area contributed by atoms with E-state index in [1.807, 2.05) is 30.5 Å². The number of hydrogen-bond donors (Lipinski definition) is 0. The average Bonchev–Trinajstić information content (AvgIpc) is 2.97. The second-order valence-corrected chi connectivity index (χ2v) is 7.33. The maximum Gasteiger partial charge on any atom is 0.339 e. The van der Waals surface area contributed by atoms with Crippen LogP contribution in [0.5, 0.6) is 0 Å². The highest BCUT2D eigenvalue weighted by Crippen LogP contribution is 2.33. The molecule has 3 heteroatoms. The minimum Gasteiger partial charge on any atom is -0.457 e. The summed E-state index contributed by atoms with van der Waals surface area (Å²) in [4.78, 5) is 13.4. The Morgan fingerprint density at radius 3 is 2.21 bits per heavy atom. The second kappa shape index (κ2) is 7.27. The van der Waals surface area contributed by atoms with Crippen LogP contribution in [-0.2, 0) is 16.0 Å². The van der Waals surface area contributed by atoms with E-state index in [1.165, 1.54) is 10.5 Å². The van der Waals surface area contributed by atoms with E-state index in [-0.39, 0.29) is 5.97 Å². The van der Waals surface area contributed by atoms with Crippen LogP contribution in [0.15, 0.2) is 53.4 Å². The van der Waals surface area contributed by atoms with Gasteiger partial charge in [0.15, 0.2) is 0 Å². The summed E-state index contributed by atoms with van der Waals surface area (Å²) in [5, 5.41) is 0. The van der Waals surface area contributed by atoms with Crippen LogP contribution in [0.2, 0.25) is 0 Å². The van der Waals surface area contributed by atoms with E-state index in [1.54, 1.807) is 11.8 Å². The van der Waals surface area contributed by atoms with E-state index in [0.29, 0.717) is 18.1 Å². The van der Waals surface area contributed by atoms with Crippen molar-refractivity contribution in [3.05, 3.63) is 65.2 Å². The fourth-order valence-electron chi connectivity index (χ4n) is 3.00. The number of carbonyl (C=O) groups is 1. The summed E-state index contributed by atoms with van der Waals surface area (Å²) < 4.78 is 5.32. The Morgan fingerprint density at radius 2 is 1.62 bits per heavy atom. The number of ether oxygens (including phenoxy) is 1. The van der Waals surface area contributed by atoms with E-state index < -0.39 is 0 Å². The number of carbonyl (C=O) groups excluding carboxylic acids is 1. The van der Waals surface area contributed by atoms with E-state index in [4.69, 9.17) is 4.74 Å². The molecule has 1 heterocycles. The molecule has 0 amide bonds. The van der Waals surface area contributed by atoms with Crippen LogP contribution in [-0.4, -0.2) is 18.8 Å². The van der Waals surface area contributed by atoms with Gasteiger partial charge in [-0.05, 0) is 47.4 Å². The molecule has 2 aromatic carbocycles. The van der Waals surface area contributed by atoms with Crippen LogP contribution >= 0.6 is 11.8 Å². The van der Waals surface area contributed by atoms with Gasteiger partial charge < -0.3 is 4.74 Å². The molecule has 0 aliphatic carbocycles. The quantitative estimate of drug-likeness (QED) is 0.562. The number of thioether (sulfide) groups is 1. The molecule has 2 nitrogen and oxygen atoms in total. The van der Waals surface area contributed by atoms with Crippen molar-refractivity contribution >= 4 is 28.9 Å². The molecule has 0 fully saturated rings. The monoisotopic (exact) mass is 338 g/mol. The molecule has 0 radical (unpaired) electrons. The van der Waals surface area contributed by atoms with E-state index in [2.05, 4.69) is 38.1 Å². The summed E-state index contributed by atoms with van der Waals surface area (Å²) in [6.07, 6.45) is 3.11. The first-order valence-electron chi connectivity index (χ1n) is 8.22. The Kier molecular flexibility index (Phi) is 5.10. The zero-order valence-corrected chi connectivity index (χ0v) is 15.2. The van der Waals surface area contributed by atoms with Crippen molar-refractivity contribution in [1.82, 2.24) is 0 Å². The Hall–Kier alpha value is -2.00. The molecule has 124 valence electrons. The zero-order chi connectivity index (χ0) is 17.1. The molecule has 1 aliphatic heterocycles. The first-order chi connectivity index (χ1) is 11.6. The predicted octanol–water partition coefficient (Wildman–Crippen LogP) is 5.07. The van der Waals surface area contributed by atoms with E-state index in [9.17, 15) is 4.79 Å². The predicted molar refractivity (Wildman–Crippen MR) is 101 cm³/mol. The molecule has 0 aromatic heterocycles. The van der Waals surface area contributed by atoms with Gasteiger partial charge in [0.1, 0.15) is 6.61 Å². The molecule has 0 spiro atoms. The molecule has 0 saturated carbocycles. The molecule has 0 saturated heterocycles. The third-order valence-electron chi connectivity index (χ3n) is 4.18. The SMILES string of the molecule is CSc1ccc(C2=C(c3ccc(CC(C)C)cc3)COC2=O)cc1. The summed E-state index contributed by atoms with van der Waals surface area (Å²) in [6.45, 7) is 4.79. The van der Waals surface area contributed by atoms with Gasteiger partial charge in [-0.3, -0.25) is 0 Å². The Bertz CT molecular complexity index is 755. The van der Waals surface area contributed by atoms with Gasteiger partial charge in [-0.1, -0.05) is 50.2 Å². The normalized spacial score (nSPS) is 14.4. The van der Waals surface area contributed by atoms with Crippen molar-refractivity contribution in [2.45, 2.75) is 25.2 Å². The zero-order valence-electron chi connectivity index (χ0n) is 14.3. The minimum atomic E-state index is -0.229. The van der Waals surface area contributed by atoms with E-state index >= 15 is 0 Å². The van der Waals surface area contributed by atoms with Gasteiger partial charge in [-0.2, -0.15) is 0 Å². The fourth-order valence-corrected chi connectivity index (χ4v) is 3.40. The van der Waals surface area contributed by atoms with Crippen LogP contribution in [0.3, 0.4) is 0 Å². The van der Waals surface area contributed by atoms with Gasteiger partial charge >= 0.3 is 5.97 Å². The maximum atomic E-state index is 12.2. The van der Waals surface area contributed by atoms with Gasteiger partial charge in [0.25, 0.3) is 0 Å². The van der Waals surface area contributed by atoms with Crippen LogP contribution in [0.4, 0.5) is 0 Å². The van der Waals surface area contributed by atoms with Gasteiger partial charge in [-0.15, -0.1) is 11.8 Å². The molecule has 0 N–H and O–H groups in total. The first kappa shape index (κ1) is 16.8. The molecule has 2 aromatic rings. The minimum absolute atomic E-state index is 0.229. The molecule has 0 atom stereocenters. The van der Waals surface area contributed by atoms with E-state index in [0.717, 1.165) is 23.1 Å². The third-order valence-corrected chi connectivity index (χ3v) is 4.92. The van der Waals surface area contributed by atoms with Crippen molar-refractivity contribution in [1.29, 1.82) is 0 Å². The first-order valence-corrected chi connectivity index (χ1v) is 9.45. The Labute approximate surface area is 147 Å². The highest BCUT2D eigenvalue weighted by molar-refractivity contribution is 7.98. The van der Waals surface area contributed by atoms with Crippen LogP contribution in [0.1, 0.15) is 30.5 Å². The fraction of sp³-hybridized carbons (Fsp3) is 0.286. The van der Waals surface area contributed by atoms with Crippen molar-refractivity contribution in [3.63, 3.8) is 0 Å². The molecule has 0 bridgehead atoms. The summed E-state index contributed by atoms with van der Waals surface area (Å²) in [5.41, 5.74) is 4.99. The number of rotatable bonds is 5. The lowest BCUT2D eigenvalue weighted by Crippen LogP contribution is -1.98. The van der Waals surface area contributed by atoms with Crippen molar-refractivity contribution in [2.75, 3.05) is 12.9 Å². The van der Waals surface area contributed by atoms with Gasteiger partial charge in [-0.25, -0.2) is 4.79 Å². The molecular formula is C21H22O2S. The number of esters is 1. The second-order valence-electron chi connectivity index (χ2n) is 6.45. The molecule has 24 heavy (non-hydrogen) atoms. The van der Waals surface area contributed by atoms with Crippen molar-refractivity contribution in [2.24, 2.45) is 5.92 Å². The highest BCUT2D eigenvalue weighted by Gasteiger charge is 2.27. The van der Waals surface area contributed by atoms with Gasteiger partial charge in [0.05, 0.1) is 5.57 Å².